The van der Waals surface area contributed by atoms with Gasteiger partial charge in [-0.1, -0.05) is 28.1 Å². The van der Waals surface area contributed by atoms with Gasteiger partial charge in [0.15, 0.2) is 0 Å². The quantitative estimate of drug-likeness (QED) is 0.884. The monoisotopic (exact) mass is 338 g/mol. The lowest BCUT2D eigenvalue weighted by Crippen LogP contribution is -2.20. The van der Waals surface area contributed by atoms with Gasteiger partial charge in [0.25, 0.3) is 0 Å². The molecule has 19 heavy (non-hydrogen) atoms. The second-order valence-electron chi connectivity index (χ2n) is 4.75. The first-order chi connectivity index (χ1) is 9.08. The zero-order valence-corrected chi connectivity index (χ0v) is 13.7. The Balaban J connectivity index is 2.03. The van der Waals surface area contributed by atoms with E-state index in [0.29, 0.717) is 0 Å². The molecular formula is C15H19BrN2S. The summed E-state index contributed by atoms with van der Waals surface area (Å²) in [4.78, 5) is 3.70. The number of hydrogen-bond donors (Lipinski definition) is 1. The molecule has 4 heteroatoms. The maximum absolute atomic E-state index is 5.92. The molecule has 0 aliphatic heterocycles. The number of nitrogens with two attached hydrogens (primary N) is 1. The van der Waals surface area contributed by atoms with E-state index in [4.69, 9.17) is 5.73 Å². The Hall–Kier alpha value is -0.840. The van der Waals surface area contributed by atoms with Crippen LogP contribution in [0.4, 0.5) is 5.69 Å². The van der Waals surface area contributed by atoms with Crippen LogP contribution in [0.25, 0.3) is 0 Å². The topological polar surface area (TPSA) is 29.3 Å². The number of rotatable bonds is 5. The van der Waals surface area contributed by atoms with Crippen LogP contribution < -0.4 is 10.6 Å². The molecule has 0 unspecified atom stereocenters. The molecular weight excluding hydrogens is 320 g/mol. The van der Waals surface area contributed by atoms with Gasteiger partial charge >= 0.3 is 0 Å². The first kappa shape index (κ1) is 14.6. The van der Waals surface area contributed by atoms with Crippen LogP contribution in [0.2, 0.25) is 0 Å². The van der Waals surface area contributed by atoms with Crippen molar-refractivity contribution in [2.75, 3.05) is 18.5 Å². The molecule has 0 radical (unpaired) electrons. The Labute approximate surface area is 127 Å². The molecule has 0 spiro atoms. The standard InChI is InChI=1S/C15H19BrN2S/c1-11(17)14-6-5-12(10-15(14)16)18(2)8-7-13-4-3-9-19-13/h3-6,9-11H,7-8,17H2,1-2H3/t11-/m1/s1. The van der Waals surface area contributed by atoms with E-state index in [9.17, 15) is 0 Å². The van der Waals surface area contributed by atoms with Gasteiger partial charge in [-0.05, 0) is 42.5 Å². The van der Waals surface area contributed by atoms with Crippen molar-refractivity contribution in [3.05, 3.63) is 50.6 Å². The number of nitrogens with zero attached hydrogens (tertiary/aromatic N) is 1. The molecule has 2 nitrogen and oxygen atoms in total. The fraction of sp³-hybridized carbons (Fsp3) is 0.333. The Morgan fingerprint density at radius 3 is 2.74 bits per heavy atom. The van der Waals surface area contributed by atoms with Crippen LogP contribution >= 0.6 is 27.3 Å². The van der Waals surface area contributed by atoms with Gasteiger partial charge in [0.2, 0.25) is 0 Å². The summed E-state index contributed by atoms with van der Waals surface area (Å²) >= 11 is 5.42. The lowest BCUT2D eigenvalue weighted by atomic mass is 10.1. The van der Waals surface area contributed by atoms with Crippen molar-refractivity contribution in [1.82, 2.24) is 0 Å². The van der Waals surface area contributed by atoms with E-state index in [-0.39, 0.29) is 6.04 Å². The van der Waals surface area contributed by atoms with Crippen LogP contribution in [-0.2, 0) is 6.42 Å². The Kier molecular flexibility index (Phi) is 5.02. The van der Waals surface area contributed by atoms with Crippen LogP contribution in [0.5, 0.6) is 0 Å². The summed E-state index contributed by atoms with van der Waals surface area (Å²) in [6.07, 6.45) is 1.08. The minimum Gasteiger partial charge on any atom is -0.374 e. The summed E-state index contributed by atoms with van der Waals surface area (Å²) in [5.41, 5.74) is 8.29. The van der Waals surface area contributed by atoms with E-state index in [1.165, 1.54) is 10.6 Å². The third kappa shape index (κ3) is 3.81. The molecule has 1 atom stereocenters. The zero-order valence-electron chi connectivity index (χ0n) is 11.3. The molecule has 1 aromatic heterocycles. The molecule has 0 bridgehead atoms. The van der Waals surface area contributed by atoms with Crippen molar-refractivity contribution in [2.24, 2.45) is 5.73 Å². The molecule has 102 valence electrons. The van der Waals surface area contributed by atoms with Crippen molar-refractivity contribution in [1.29, 1.82) is 0 Å². The highest BCUT2D eigenvalue weighted by Gasteiger charge is 2.08. The average Bonchev–Trinajstić information content (AvgIpc) is 2.88. The number of halogens is 1. The van der Waals surface area contributed by atoms with E-state index < -0.39 is 0 Å². The molecule has 0 saturated heterocycles. The predicted octanol–water partition coefficient (Wildman–Crippen LogP) is 4.21. The van der Waals surface area contributed by atoms with Crippen molar-refractivity contribution >= 4 is 33.0 Å². The van der Waals surface area contributed by atoms with E-state index in [2.05, 4.69) is 63.6 Å². The maximum atomic E-state index is 5.92. The summed E-state index contributed by atoms with van der Waals surface area (Å²) in [5, 5.41) is 2.13. The second kappa shape index (κ2) is 6.55. The first-order valence-electron chi connectivity index (χ1n) is 6.36. The van der Waals surface area contributed by atoms with Gasteiger partial charge in [0.1, 0.15) is 0 Å². The van der Waals surface area contributed by atoms with Crippen molar-refractivity contribution in [2.45, 2.75) is 19.4 Å². The highest BCUT2D eigenvalue weighted by atomic mass is 79.9. The van der Waals surface area contributed by atoms with E-state index in [0.717, 1.165) is 23.0 Å². The third-order valence-electron chi connectivity index (χ3n) is 3.19. The number of thiophene rings is 1. The largest absolute Gasteiger partial charge is 0.374 e. The second-order valence-corrected chi connectivity index (χ2v) is 6.63. The van der Waals surface area contributed by atoms with Crippen LogP contribution in [0.15, 0.2) is 40.2 Å². The highest BCUT2D eigenvalue weighted by molar-refractivity contribution is 9.10. The molecule has 0 amide bonds. The number of benzene rings is 1. The molecule has 0 saturated carbocycles. The summed E-state index contributed by atoms with van der Waals surface area (Å²) in [6.45, 7) is 3.02. The molecule has 0 aliphatic rings. The van der Waals surface area contributed by atoms with Gasteiger partial charge in [-0.3, -0.25) is 0 Å². The van der Waals surface area contributed by atoms with Crippen molar-refractivity contribution < 1.29 is 0 Å². The first-order valence-corrected chi connectivity index (χ1v) is 8.03. The Morgan fingerprint density at radius 1 is 1.37 bits per heavy atom. The fourth-order valence-electron chi connectivity index (χ4n) is 1.98. The van der Waals surface area contributed by atoms with Gasteiger partial charge in [0.05, 0.1) is 0 Å². The lowest BCUT2D eigenvalue weighted by molar-refractivity contribution is 0.811. The van der Waals surface area contributed by atoms with Gasteiger partial charge < -0.3 is 10.6 Å². The molecule has 0 fully saturated rings. The fourth-order valence-corrected chi connectivity index (χ4v) is 3.41. The van der Waals surface area contributed by atoms with Crippen LogP contribution in [0, 0.1) is 0 Å². The van der Waals surface area contributed by atoms with Crippen LogP contribution in [0.3, 0.4) is 0 Å². The van der Waals surface area contributed by atoms with Crippen LogP contribution in [0.1, 0.15) is 23.4 Å². The van der Waals surface area contributed by atoms with Gasteiger partial charge in [-0.2, -0.15) is 0 Å². The van der Waals surface area contributed by atoms with Crippen LogP contribution in [-0.4, -0.2) is 13.6 Å². The molecule has 2 aromatic rings. The average molecular weight is 339 g/mol. The Bertz CT molecular complexity index is 523. The lowest BCUT2D eigenvalue weighted by Gasteiger charge is -2.20. The normalized spacial score (nSPS) is 12.4. The molecule has 2 N–H and O–H groups in total. The van der Waals surface area contributed by atoms with E-state index >= 15 is 0 Å². The summed E-state index contributed by atoms with van der Waals surface area (Å²) in [7, 11) is 2.13. The number of likely N-dealkylation sites (N-methyl/N-ethyl adjacent to an activating group) is 1. The predicted molar refractivity (Wildman–Crippen MR) is 88.0 cm³/mol. The molecule has 1 aromatic carbocycles. The smallest absolute Gasteiger partial charge is 0.0375 e. The van der Waals surface area contributed by atoms with Gasteiger partial charge in [-0.25, -0.2) is 0 Å². The summed E-state index contributed by atoms with van der Waals surface area (Å²) < 4.78 is 1.09. The van der Waals surface area contributed by atoms with Gasteiger partial charge in [0, 0.05) is 34.7 Å². The van der Waals surface area contributed by atoms with E-state index in [1.54, 1.807) is 0 Å². The Morgan fingerprint density at radius 2 is 2.16 bits per heavy atom. The number of hydrogen-bond acceptors (Lipinski definition) is 3. The zero-order chi connectivity index (χ0) is 13.8. The third-order valence-corrected chi connectivity index (χ3v) is 4.81. The minimum atomic E-state index is 0.0554. The van der Waals surface area contributed by atoms with Gasteiger partial charge in [-0.15, -0.1) is 11.3 Å². The number of anilines is 1. The highest BCUT2D eigenvalue weighted by Crippen LogP contribution is 2.27. The van der Waals surface area contributed by atoms with Crippen molar-refractivity contribution in [3.8, 4) is 0 Å². The van der Waals surface area contributed by atoms with E-state index in [1.807, 2.05) is 18.3 Å². The SMILES string of the molecule is C[C@@H](N)c1ccc(N(C)CCc2cccs2)cc1Br. The molecule has 1 heterocycles. The maximum Gasteiger partial charge on any atom is 0.0375 e. The van der Waals surface area contributed by atoms with Crippen molar-refractivity contribution in [3.63, 3.8) is 0 Å². The molecule has 2 rings (SSSR count). The minimum absolute atomic E-state index is 0.0554. The summed E-state index contributed by atoms with van der Waals surface area (Å²) in [5.74, 6) is 0. The summed E-state index contributed by atoms with van der Waals surface area (Å²) in [6, 6.07) is 10.7. The molecule has 0 aliphatic carbocycles.